The van der Waals surface area contributed by atoms with Crippen molar-refractivity contribution in [1.82, 2.24) is 15.5 Å². The molecule has 0 spiro atoms. The van der Waals surface area contributed by atoms with Crippen molar-refractivity contribution in [2.45, 2.75) is 0 Å². The highest BCUT2D eigenvalue weighted by atomic mass is 19.1. The van der Waals surface area contributed by atoms with Gasteiger partial charge in [-0.1, -0.05) is 0 Å². The molecule has 94 valence electrons. The van der Waals surface area contributed by atoms with Gasteiger partial charge in [-0.15, -0.1) is 0 Å². The van der Waals surface area contributed by atoms with Crippen LogP contribution in [0.15, 0.2) is 36.5 Å². The Balaban J connectivity index is 2.08. The van der Waals surface area contributed by atoms with Crippen LogP contribution in [0.4, 0.5) is 4.39 Å². The molecule has 1 aromatic carbocycles. The third-order valence-corrected chi connectivity index (χ3v) is 2.82. The maximum Gasteiger partial charge on any atom is 0.259 e. The fourth-order valence-electron chi connectivity index (χ4n) is 1.94. The average molecular weight is 257 g/mol. The number of aromatic nitrogens is 2. The number of rotatable bonds is 2. The molecule has 19 heavy (non-hydrogen) atoms. The van der Waals surface area contributed by atoms with Gasteiger partial charge >= 0.3 is 0 Å². The molecule has 0 unspecified atom stereocenters. The van der Waals surface area contributed by atoms with E-state index in [1.54, 1.807) is 12.1 Å². The van der Waals surface area contributed by atoms with Crippen molar-refractivity contribution < 1.29 is 14.0 Å². The van der Waals surface area contributed by atoms with Crippen molar-refractivity contribution in [3.05, 3.63) is 47.9 Å². The number of carbonyl (C=O) groups is 2. The SMILES string of the molecule is O=C1C=C(c2cn[nH]c2-c2ccc(F)cc2)C(=O)N1. The molecule has 1 aliphatic heterocycles. The number of H-pyrrole nitrogens is 1. The largest absolute Gasteiger partial charge is 0.289 e. The Morgan fingerprint density at radius 2 is 1.84 bits per heavy atom. The number of carbonyl (C=O) groups excluding carboxylic acids is 2. The topological polar surface area (TPSA) is 74.8 Å². The Morgan fingerprint density at radius 3 is 2.47 bits per heavy atom. The van der Waals surface area contributed by atoms with Crippen LogP contribution in [0.5, 0.6) is 0 Å². The number of benzene rings is 1. The predicted molar refractivity (Wildman–Crippen MR) is 65.1 cm³/mol. The zero-order valence-electron chi connectivity index (χ0n) is 9.61. The van der Waals surface area contributed by atoms with Gasteiger partial charge < -0.3 is 0 Å². The second-order valence-electron chi connectivity index (χ2n) is 4.04. The van der Waals surface area contributed by atoms with E-state index in [1.807, 2.05) is 0 Å². The van der Waals surface area contributed by atoms with E-state index in [4.69, 9.17) is 0 Å². The van der Waals surface area contributed by atoms with Crippen molar-refractivity contribution in [2.24, 2.45) is 0 Å². The summed E-state index contributed by atoms with van der Waals surface area (Å²) in [5.74, 6) is -1.26. The number of imide groups is 1. The van der Waals surface area contributed by atoms with Crippen molar-refractivity contribution >= 4 is 17.4 Å². The average Bonchev–Trinajstić information content (AvgIpc) is 2.96. The molecular weight excluding hydrogens is 249 g/mol. The minimum Gasteiger partial charge on any atom is -0.289 e. The molecule has 0 fully saturated rings. The molecule has 3 rings (SSSR count). The molecule has 0 atom stereocenters. The Kier molecular flexibility index (Phi) is 2.49. The molecule has 2 amide bonds. The van der Waals surface area contributed by atoms with Crippen LogP contribution in [0.2, 0.25) is 0 Å². The van der Waals surface area contributed by atoms with Gasteiger partial charge in [-0.2, -0.15) is 5.10 Å². The van der Waals surface area contributed by atoms with Gasteiger partial charge in [0.1, 0.15) is 5.82 Å². The zero-order chi connectivity index (χ0) is 13.4. The Bertz CT molecular complexity index is 701. The summed E-state index contributed by atoms with van der Waals surface area (Å²) in [6.45, 7) is 0. The van der Waals surface area contributed by atoms with Crippen LogP contribution in [0.1, 0.15) is 5.56 Å². The first-order valence-electron chi connectivity index (χ1n) is 5.52. The summed E-state index contributed by atoms with van der Waals surface area (Å²) in [5.41, 5.74) is 2.01. The molecule has 0 aliphatic carbocycles. The monoisotopic (exact) mass is 257 g/mol. The van der Waals surface area contributed by atoms with Crippen molar-refractivity contribution in [2.75, 3.05) is 0 Å². The Labute approximate surface area is 107 Å². The third-order valence-electron chi connectivity index (χ3n) is 2.82. The smallest absolute Gasteiger partial charge is 0.259 e. The van der Waals surface area contributed by atoms with Crippen LogP contribution in [0, 0.1) is 5.82 Å². The first-order valence-corrected chi connectivity index (χ1v) is 5.52. The van der Waals surface area contributed by atoms with Gasteiger partial charge in [0.15, 0.2) is 0 Å². The molecule has 0 bridgehead atoms. The summed E-state index contributed by atoms with van der Waals surface area (Å²) in [4.78, 5) is 22.8. The Hall–Kier alpha value is -2.76. The molecule has 5 nitrogen and oxygen atoms in total. The maximum absolute atomic E-state index is 12.9. The lowest BCUT2D eigenvalue weighted by Crippen LogP contribution is -2.21. The number of hydrogen-bond acceptors (Lipinski definition) is 3. The third kappa shape index (κ3) is 1.93. The number of halogens is 1. The summed E-state index contributed by atoms with van der Waals surface area (Å²) in [6.07, 6.45) is 2.68. The van der Waals surface area contributed by atoms with E-state index in [1.165, 1.54) is 24.4 Å². The fraction of sp³-hybridized carbons (Fsp3) is 0. The standard InChI is InChI=1S/C13H8FN3O2/c14-8-3-1-7(2-4-8)12-10(6-15-17-12)9-5-11(18)16-13(9)19/h1-6H,(H,15,17)(H,16,18,19). The molecule has 0 radical (unpaired) electrons. The minimum atomic E-state index is -0.463. The second kappa shape index (κ2) is 4.16. The molecule has 0 saturated heterocycles. The highest BCUT2D eigenvalue weighted by Gasteiger charge is 2.25. The van der Waals surface area contributed by atoms with Gasteiger partial charge in [0.2, 0.25) is 0 Å². The van der Waals surface area contributed by atoms with Crippen LogP contribution >= 0.6 is 0 Å². The number of nitrogens with zero attached hydrogens (tertiary/aromatic N) is 1. The molecule has 1 aromatic heterocycles. The molecule has 2 heterocycles. The number of hydrogen-bond donors (Lipinski definition) is 2. The van der Waals surface area contributed by atoms with Crippen LogP contribution in [-0.2, 0) is 9.59 Å². The van der Waals surface area contributed by atoms with E-state index >= 15 is 0 Å². The minimum absolute atomic E-state index is 0.248. The van der Waals surface area contributed by atoms with Crippen LogP contribution < -0.4 is 5.32 Å². The van der Waals surface area contributed by atoms with Crippen LogP contribution in [0.3, 0.4) is 0 Å². The van der Waals surface area contributed by atoms with E-state index in [2.05, 4.69) is 15.5 Å². The first-order chi connectivity index (χ1) is 9.15. The quantitative estimate of drug-likeness (QED) is 0.795. The van der Waals surface area contributed by atoms with Gasteiger partial charge in [-0.05, 0) is 24.3 Å². The summed E-state index contributed by atoms with van der Waals surface area (Å²) < 4.78 is 12.9. The number of nitrogens with one attached hydrogen (secondary N) is 2. The van der Waals surface area contributed by atoms with Gasteiger partial charge in [-0.3, -0.25) is 20.0 Å². The number of amides is 2. The summed E-state index contributed by atoms with van der Waals surface area (Å²) >= 11 is 0. The normalized spacial score (nSPS) is 14.5. The predicted octanol–water partition coefficient (Wildman–Crippen LogP) is 1.26. The molecule has 1 aliphatic rings. The van der Waals surface area contributed by atoms with Crippen molar-refractivity contribution in [3.8, 4) is 11.3 Å². The molecule has 2 aromatic rings. The fourth-order valence-corrected chi connectivity index (χ4v) is 1.94. The highest BCUT2D eigenvalue weighted by Crippen LogP contribution is 2.28. The molecule has 6 heteroatoms. The van der Waals surface area contributed by atoms with Crippen LogP contribution in [0.25, 0.3) is 16.8 Å². The van der Waals surface area contributed by atoms with Crippen molar-refractivity contribution in [1.29, 1.82) is 0 Å². The van der Waals surface area contributed by atoms with E-state index in [-0.39, 0.29) is 11.4 Å². The van der Waals surface area contributed by atoms with E-state index in [0.29, 0.717) is 16.8 Å². The first kappa shape index (κ1) is 11.3. The molecule has 0 saturated carbocycles. The lowest BCUT2D eigenvalue weighted by Gasteiger charge is -2.02. The Morgan fingerprint density at radius 1 is 1.11 bits per heavy atom. The van der Waals surface area contributed by atoms with Gasteiger partial charge in [0.25, 0.3) is 11.8 Å². The summed E-state index contributed by atoms with van der Waals surface area (Å²) in [6, 6.07) is 5.77. The highest BCUT2D eigenvalue weighted by molar-refractivity contribution is 6.34. The maximum atomic E-state index is 12.9. The van der Waals surface area contributed by atoms with Crippen molar-refractivity contribution in [3.63, 3.8) is 0 Å². The molecule has 2 N–H and O–H groups in total. The zero-order valence-corrected chi connectivity index (χ0v) is 9.61. The van der Waals surface area contributed by atoms with Gasteiger partial charge in [0.05, 0.1) is 17.5 Å². The summed E-state index contributed by atoms with van der Waals surface area (Å²) in [7, 11) is 0. The lowest BCUT2D eigenvalue weighted by molar-refractivity contribution is -0.123. The van der Waals surface area contributed by atoms with Gasteiger partial charge in [-0.25, -0.2) is 4.39 Å². The van der Waals surface area contributed by atoms with E-state index < -0.39 is 11.8 Å². The van der Waals surface area contributed by atoms with E-state index in [9.17, 15) is 14.0 Å². The van der Waals surface area contributed by atoms with Gasteiger partial charge in [0, 0.05) is 17.2 Å². The van der Waals surface area contributed by atoms with E-state index in [0.717, 1.165) is 0 Å². The molecular formula is C13H8FN3O2. The second-order valence-corrected chi connectivity index (χ2v) is 4.04. The summed E-state index contributed by atoms with van der Waals surface area (Å²) in [5, 5.41) is 8.79. The lowest BCUT2D eigenvalue weighted by atomic mass is 10.0. The van der Waals surface area contributed by atoms with Crippen LogP contribution in [-0.4, -0.2) is 22.0 Å². The number of aromatic amines is 1.